The molecular weight excluding hydrogens is 312 g/mol. The van der Waals surface area contributed by atoms with E-state index in [9.17, 15) is 9.59 Å². The van der Waals surface area contributed by atoms with Crippen molar-refractivity contribution in [3.8, 4) is 0 Å². The third-order valence-electron chi connectivity index (χ3n) is 3.78. The molecule has 0 atom stereocenters. The molecule has 0 saturated carbocycles. The largest absolute Gasteiger partial charge is 0.445 e. The first-order valence-electron chi connectivity index (χ1n) is 7.52. The minimum Gasteiger partial charge on any atom is -0.445 e. The quantitative estimate of drug-likeness (QED) is 0.809. The Morgan fingerprint density at radius 2 is 1.83 bits per heavy atom. The summed E-state index contributed by atoms with van der Waals surface area (Å²) in [6.45, 7) is 3.05. The van der Waals surface area contributed by atoms with Crippen molar-refractivity contribution in [2.75, 3.05) is 31.1 Å². The molecule has 5 nitrogen and oxygen atoms in total. The Balaban J connectivity index is 1.48. The number of anilines is 1. The van der Waals surface area contributed by atoms with Crippen molar-refractivity contribution in [2.45, 2.75) is 6.61 Å². The van der Waals surface area contributed by atoms with Crippen LogP contribution in [-0.4, -0.2) is 43.5 Å². The third-order valence-corrected chi connectivity index (χ3v) is 4.85. The number of aldehydes is 1. The fourth-order valence-electron chi connectivity index (χ4n) is 2.50. The van der Waals surface area contributed by atoms with Gasteiger partial charge in [-0.1, -0.05) is 30.3 Å². The topological polar surface area (TPSA) is 49.9 Å². The highest BCUT2D eigenvalue weighted by Gasteiger charge is 2.23. The zero-order chi connectivity index (χ0) is 16.1. The number of rotatable bonds is 4. The maximum Gasteiger partial charge on any atom is 0.410 e. The summed E-state index contributed by atoms with van der Waals surface area (Å²) in [5.41, 5.74) is 0.986. The number of benzene rings is 1. The summed E-state index contributed by atoms with van der Waals surface area (Å²) >= 11 is 1.48. The zero-order valence-electron chi connectivity index (χ0n) is 12.7. The number of carbonyl (C=O) groups is 2. The van der Waals surface area contributed by atoms with Crippen molar-refractivity contribution in [2.24, 2.45) is 0 Å². The normalized spacial score (nSPS) is 14.6. The lowest BCUT2D eigenvalue weighted by Gasteiger charge is -2.34. The fourth-order valence-corrected chi connectivity index (χ4v) is 3.37. The van der Waals surface area contributed by atoms with E-state index in [4.69, 9.17) is 4.74 Å². The highest BCUT2D eigenvalue weighted by molar-refractivity contribution is 7.17. The minimum atomic E-state index is -0.270. The van der Waals surface area contributed by atoms with Gasteiger partial charge in [0.15, 0.2) is 6.29 Å². The summed E-state index contributed by atoms with van der Waals surface area (Å²) in [5.74, 6) is 0. The predicted molar refractivity (Wildman–Crippen MR) is 90.1 cm³/mol. The van der Waals surface area contributed by atoms with Crippen molar-refractivity contribution in [1.82, 2.24) is 4.90 Å². The smallest absolute Gasteiger partial charge is 0.410 e. The van der Waals surface area contributed by atoms with E-state index in [1.54, 1.807) is 4.90 Å². The van der Waals surface area contributed by atoms with Gasteiger partial charge in [0, 0.05) is 26.2 Å². The monoisotopic (exact) mass is 330 g/mol. The SMILES string of the molecule is O=Cc1ccc(N2CCN(C(=O)OCc3ccccc3)CC2)s1. The average Bonchev–Trinajstić information content (AvgIpc) is 3.10. The number of carbonyl (C=O) groups excluding carboxylic acids is 2. The van der Waals surface area contributed by atoms with Crippen molar-refractivity contribution < 1.29 is 14.3 Å². The van der Waals surface area contributed by atoms with E-state index in [0.717, 1.165) is 34.8 Å². The minimum absolute atomic E-state index is 0.270. The van der Waals surface area contributed by atoms with Crippen LogP contribution in [0.2, 0.25) is 0 Å². The van der Waals surface area contributed by atoms with Crippen LogP contribution in [0, 0.1) is 0 Å². The average molecular weight is 330 g/mol. The van der Waals surface area contributed by atoms with Gasteiger partial charge in [0.2, 0.25) is 0 Å². The van der Waals surface area contributed by atoms with Crippen LogP contribution in [0.5, 0.6) is 0 Å². The fraction of sp³-hybridized carbons (Fsp3) is 0.294. The van der Waals surface area contributed by atoms with Crippen molar-refractivity contribution in [3.63, 3.8) is 0 Å². The first kappa shape index (κ1) is 15.6. The highest BCUT2D eigenvalue weighted by Crippen LogP contribution is 2.26. The molecule has 0 unspecified atom stereocenters. The number of amides is 1. The van der Waals surface area contributed by atoms with Gasteiger partial charge < -0.3 is 14.5 Å². The predicted octanol–water partition coefficient (Wildman–Crippen LogP) is 3.02. The molecule has 1 aromatic carbocycles. The summed E-state index contributed by atoms with van der Waals surface area (Å²) in [4.78, 5) is 27.5. The van der Waals surface area contributed by atoms with E-state index in [2.05, 4.69) is 4.90 Å². The number of thiophene rings is 1. The molecule has 1 saturated heterocycles. The van der Waals surface area contributed by atoms with Crippen LogP contribution in [0.25, 0.3) is 0 Å². The number of nitrogens with zero attached hydrogens (tertiary/aromatic N) is 2. The van der Waals surface area contributed by atoms with Gasteiger partial charge in [-0.25, -0.2) is 4.79 Å². The van der Waals surface area contributed by atoms with Crippen molar-refractivity contribution in [3.05, 3.63) is 52.9 Å². The summed E-state index contributed by atoms with van der Waals surface area (Å²) in [6.07, 6.45) is 0.596. The second-order valence-electron chi connectivity index (χ2n) is 5.31. The lowest BCUT2D eigenvalue weighted by Crippen LogP contribution is -2.48. The molecule has 2 heterocycles. The Kier molecular flexibility index (Phi) is 4.92. The maximum atomic E-state index is 12.1. The first-order valence-corrected chi connectivity index (χ1v) is 8.33. The van der Waals surface area contributed by atoms with E-state index in [-0.39, 0.29) is 6.09 Å². The van der Waals surface area contributed by atoms with Gasteiger partial charge in [-0.2, -0.15) is 0 Å². The van der Waals surface area contributed by atoms with Gasteiger partial charge in [-0.3, -0.25) is 4.79 Å². The Hall–Kier alpha value is -2.34. The Labute approximate surface area is 139 Å². The maximum absolute atomic E-state index is 12.1. The molecule has 0 aliphatic carbocycles. The van der Waals surface area contributed by atoms with Gasteiger partial charge in [0.05, 0.1) is 9.88 Å². The first-order chi connectivity index (χ1) is 11.3. The highest BCUT2D eigenvalue weighted by atomic mass is 32.1. The molecule has 1 aromatic heterocycles. The number of hydrogen-bond donors (Lipinski definition) is 0. The van der Waals surface area contributed by atoms with Gasteiger partial charge in [0.1, 0.15) is 6.61 Å². The van der Waals surface area contributed by atoms with Gasteiger partial charge in [-0.15, -0.1) is 11.3 Å². The van der Waals surface area contributed by atoms with E-state index < -0.39 is 0 Å². The molecule has 1 aliphatic heterocycles. The molecule has 0 spiro atoms. The Morgan fingerprint density at radius 3 is 2.48 bits per heavy atom. The van der Waals surface area contributed by atoms with Gasteiger partial charge in [-0.05, 0) is 17.7 Å². The number of ether oxygens (including phenoxy) is 1. The van der Waals surface area contributed by atoms with Crippen LogP contribution >= 0.6 is 11.3 Å². The lowest BCUT2D eigenvalue weighted by molar-refractivity contribution is 0.0942. The van der Waals surface area contributed by atoms with E-state index in [1.165, 1.54) is 11.3 Å². The molecular formula is C17H18N2O3S. The number of hydrogen-bond acceptors (Lipinski definition) is 5. The van der Waals surface area contributed by atoms with Gasteiger partial charge in [0.25, 0.3) is 0 Å². The third kappa shape index (κ3) is 3.90. The van der Waals surface area contributed by atoms with Crippen LogP contribution in [0.3, 0.4) is 0 Å². The van der Waals surface area contributed by atoms with E-state index in [0.29, 0.717) is 19.7 Å². The van der Waals surface area contributed by atoms with Crippen LogP contribution < -0.4 is 4.90 Å². The van der Waals surface area contributed by atoms with Crippen molar-refractivity contribution >= 4 is 28.7 Å². The summed E-state index contributed by atoms with van der Waals surface area (Å²) in [5, 5.41) is 1.07. The summed E-state index contributed by atoms with van der Waals surface area (Å²) in [6, 6.07) is 13.4. The standard InChI is InChI=1S/C17H18N2O3S/c20-12-15-6-7-16(23-15)18-8-10-19(11-9-18)17(21)22-13-14-4-2-1-3-5-14/h1-7,12H,8-11,13H2. The van der Waals surface area contributed by atoms with Crippen molar-refractivity contribution in [1.29, 1.82) is 0 Å². The molecule has 3 rings (SSSR count). The molecule has 0 radical (unpaired) electrons. The molecule has 0 bridgehead atoms. The molecule has 2 aromatic rings. The molecule has 1 fully saturated rings. The molecule has 1 aliphatic rings. The van der Waals surface area contributed by atoms with Gasteiger partial charge >= 0.3 is 6.09 Å². The second-order valence-corrected chi connectivity index (χ2v) is 6.40. The molecule has 6 heteroatoms. The zero-order valence-corrected chi connectivity index (χ0v) is 13.5. The van der Waals surface area contributed by atoms with Crippen LogP contribution in [-0.2, 0) is 11.3 Å². The molecule has 23 heavy (non-hydrogen) atoms. The van der Waals surface area contributed by atoms with Crippen LogP contribution in [0.4, 0.5) is 9.80 Å². The van der Waals surface area contributed by atoms with E-state index in [1.807, 2.05) is 42.5 Å². The summed E-state index contributed by atoms with van der Waals surface area (Å²) < 4.78 is 5.35. The Bertz CT molecular complexity index is 663. The Morgan fingerprint density at radius 1 is 1.09 bits per heavy atom. The van der Waals surface area contributed by atoms with Crippen LogP contribution in [0.1, 0.15) is 15.2 Å². The lowest BCUT2D eigenvalue weighted by atomic mass is 10.2. The van der Waals surface area contributed by atoms with Crippen LogP contribution in [0.15, 0.2) is 42.5 Å². The second kappa shape index (κ2) is 7.28. The van der Waals surface area contributed by atoms with E-state index >= 15 is 0 Å². The summed E-state index contributed by atoms with van der Waals surface area (Å²) in [7, 11) is 0. The molecule has 1 amide bonds. The molecule has 120 valence electrons. The molecule has 0 N–H and O–H groups in total. The number of piperazine rings is 1.